The van der Waals surface area contributed by atoms with Crippen molar-refractivity contribution in [3.63, 3.8) is 0 Å². The van der Waals surface area contributed by atoms with Crippen LogP contribution in [0.4, 0.5) is 11.5 Å². The molecule has 1 aromatic heterocycles. The normalized spacial score (nSPS) is 12.7. The zero-order chi connectivity index (χ0) is 14.1. The molecule has 1 N–H and O–H groups in total. The lowest BCUT2D eigenvalue weighted by atomic mass is 10.2. The molecule has 2 aromatic rings. The van der Waals surface area contributed by atoms with Gasteiger partial charge in [-0.15, -0.1) is 0 Å². The summed E-state index contributed by atoms with van der Waals surface area (Å²) in [7, 11) is 0. The number of benzene rings is 1. The molecular weight excluding hydrogens is 388 g/mol. The van der Waals surface area contributed by atoms with Gasteiger partial charge in [-0.05, 0) is 40.5 Å². The Morgan fingerprint density at radius 2 is 1.95 bits per heavy atom. The number of fused-ring (bicyclic) bond motifs is 2. The van der Waals surface area contributed by atoms with E-state index in [2.05, 4.69) is 41.7 Å². The van der Waals surface area contributed by atoms with E-state index in [0.717, 1.165) is 26.2 Å². The lowest BCUT2D eigenvalue weighted by Crippen LogP contribution is -2.24. The van der Waals surface area contributed by atoms with Gasteiger partial charge in [-0.3, -0.25) is 0 Å². The molecular formula is C14H12Br2N2O2. The monoisotopic (exact) mass is 398 g/mol. The predicted molar refractivity (Wildman–Crippen MR) is 84.9 cm³/mol. The zero-order valence-corrected chi connectivity index (χ0v) is 13.7. The minimum Gasteiger partial charge on any atom is -0.451 e. The third kappa shape index (κ3) is 2.55. The van der Waals surface area contributed by atoms with Crippen molar-refractivity contribution in [2.75, 3.05) is 18.1 Å². The Bertz CT molecular complexity index is 598. The van der Waals surface area contributed by atoms with Gasteiger partial charge in [0, 0.05) is 34.4 Å². The maximum atomic E-state index is 9.09. The Morgan fingerprint density at radius 3 is 2.75 bits per heavy atom. The van der Waals surface area contributed by atoms with Gasteiger partial charge in [0.2, 0.25) is 0 Å². The smallest absolute Gasteiger partial charge is 0.176 e. The van der Waals surface area contributed by atoms with Gasteiger partial charge in [-0.1, -0.05) is 15.9 Å². The fourth-order valence-electron chi connectivity index (χ4n) is 2.17. The Balaban J connectivity index is 2.08. The number of aliphatic hydroxyl groups is 1. The van der Waals surface area contributed by atoms with Crippen LogP contribution in [0.25, 0.3) is 0 Å². The molecule has 3 rings (SSSR count). The number of hydrogen-bond donors (Lipinski definition) is 1. The standard InChI is InChI=1S/C14H12Br2N2O2/c15-9-2-3-11-12(6-9)20-13-7-10(16)8-17-14(13)18(11)4-1-5-19/h2-3,6-8,19H,1,4-5H2. The Kier molecular flexibility index (Phi) is 3.96. The molecule has 0 aliphatic carbocycles. The third-order valence-corrected chi connectivity index (χ3v) is 3.95. The highest BCUT2D eigenvalue weighted by atomic mass is 79.9. The molecule has 0 amide bonds. The molecule has 20 heavy (non-hydrogen) atoms. The van der Waals surface area contributed by atoms with Crippen molar-refractivity contribution >= 4 is 43.4 Å². The average molecular weight is 400 g/mol. The maximum absolute atomic E-state index is 9.09. The fourth-order valence-corrected chi connectivity index (χ4v) is 2.82. The predicted octanol–water partition coefficient (Wildman–Crippen LogP) is 4.23. The summed E-state index contributed by atoms with van der Waals surface area (Å²) in [5.74, 6) is 2.27. The molecule has 2 heterocycles. The van der Waals surface area contributed by atoms with E-state index in [1.54, 1.807) is 6.20 Å². The zero-order valence-electron chi connectivity index (χ0n) is 10.5. The van der Waals surface area contributed by atoms with Crippen LogP contribution in [0.15, 0.2) is 39.4 Å². The summed E-state index contributed by atoms with van der Waals surface area (Å²) >= 11 is 6.86. The SMILES string of the molecule is OCCCN1c2ccc(Br)cc2Oc2cc(Br)cnc21. The summed E-state index contributed by atoms with van der Waals surface area (Å²) in [5, 5.41) is 9.09. The van der Waals surface area contributed by atoms with Crippen LogP contribution in [0.3, 0.4) is 0 Å². The number of pyridine rings is 1. The fraction of sp³-hybridized carbons (Fsp3) is 0.214. The number of nitrogens with zero attached hydrogens (tertiary/aromatic N) is 2. The summed E-state index contributed by atoms with van der Waals surface area (Å²) in [4.78, 5) is 6.51. The van der Waals surface area contributed by atoms with E-state index in [-0.39, 0.29) is 6.61 Å². The first kappa shape index (κ1) is 13.9. The minimum atomic E-state index is 0.148. The van der Waals surface area contributed by atoms with Crippen LogP contribution in [0, 0.1) is 0 Å². The Labute approximate surface area is 133 Å². The molecule has 1 aliphatic heterocycles. The summed E-state index contributed by atoms with van der Waals surface area (Å²) in [6.07, 6.45) is 2.42. The van der Waals surface area contributed by atoms with E-state index in [9.17, 15) is 0 Å². The highest BCUT2D eigenvalue weighted by Gasteiger charge is 2.25. The molecule has 0 saturated heterocycles. The van der Waals surface area contributed by atoms with E-state index in [0.29, 0.717) is 18.7 Å². The molecule has 1 aliphatic rings. The quantitative estimate of drug-likeness (QED) is 0.838. The van der Waals surface area contributed by atoms with Crippen molar-refractivity contribution in [3.05, 3.63) is 39.4 Å². The largest absolute Gasteiger partial charge is 0.451 e. The van der Waals surface area contributed by atoms with E-state index < -0.39 is 0 Å². The third-order valence-electron chi connectivity index (χ3n) is 3.03. The van der Waals surface area contributed by atoms with E-state index in [4.69, 9.17) is 9.84 Å². The van der Waals surface area contributed by atoms with Crippen LogP contribution in [0.1, 0.15) is 6.42 Å². The van der Waals surface area contributed by atoms with Crippen LogP contribution in [-0.2, 0) is 0 Å². The lowest BCUT2D eigenvalue weighted by Gasteiger charge is -2.31. The molecule has 0 bridgehead atoms. The van der Waals surface area contributed by atoms with Crippen molar-refractivity contribution in [1.82, 2.24) is 4.98 Å². The number of aromatic nitrogens is 1. The van der Waals surface area contributed by atoms with Crippen molar-refractivity contribution < 1.29 is 9.84 Å². The Morgan fingerprint density at radius 1 is 1.15 bits per heavy atom. The second-order valence-corrected chi connectivity index (χ2v) is 6.25. The van der Waals surface area contributed by atoms with Gasteiger partial charge in [0.05, 0.1) is 5.69 Å². The number of aliphatic hydroxyl groups excluding tert-OH is 1. The van der Waals surface area contributed by atoms with Gasteiger partial charge in [-0.25, -0.2) is 4.98 Å². The summed E-state index contributed by atoms with van der Waals surface area (Å²) in [5.41, 5.74) is 0.962. The van der Waals surface area contributed by atoms with Crippen LogP contribution in [0.2, 0.25) is 0 Å². The second-order valence-electron chi connectivity index (χ2n) is 4.42. The number of anilines is 2. The van der Waals surface area contributed by atoms with Crippen LogP contribution >= 0.6 is 31.9 Å². The van der Waals surface area contributed by atoms with Crippen molar-refractivity contribution in [3.8, 4) is 11.5 Å². The van der Waals surface area contributed by atoms with Gasteiger partial charge in [-0.2, -0.15) is 0 Å². The first-order chi connectivity index (χ1) is 9.69. The highest BCUT2D eigenvalue weighted by Crippen LogP contribution is 2.46. The number of ether oxygens (including phenoxy) is 1. The van der Waals surface area contributed by atoms with Crippen LogP contribution in [-0.4, -0.2) is 23.2 Å². The first-order valence-electron chi connectivity index (χ1n) is 6.20. The topological polar surface area (TPSA) is 45.6 Å². The number of halogens is 2. The minimum absolute atomic E-state index is 0.148. The summed E-state index contributed by atoms with van der Waals surface area (Å²) < 4.78 is 7.76. The highest BCUT2D eigenvalue weighted by molar-refractivity contribution is 9.10. The maximum Gasteiger partial charge on any atom is 0.176 e. The van der Waals surface area contributed by atoms with Gasteiger partial charge >= 0.3 is 0 Å². The molecule has 6 heteroatoms. The Hall–Kier alpha value is -1.11. The van der Waals surface area contributed by atoms with Gasteiger partial charge < -0.3 is 14.7 Å². The van der Waals surface area contributed by atoms with Gasteiger partial charge in [0.15, 0.2) is 17.3 Å². The molecule has 104 valence electrons. The van der Waals surface area contributed by atoms with Crippen LogP contribution in [0.5, 0.6) is 11.5 Å². The average Bonchev–Trinajstić information content (AvgIpc) is 2.43. The molecule has 0 spiro atoms. The van der Waals surface area contributed by atoms with Crippen molar-refractivity contribution in [2.24, 2.45) is 0 Å². The van der Waals surface area contributed by atoms with Gasteiger partial charge in [0.1, 0.15) is 0 Å². The molecule has 0 saturated carbocycles. The summed E-state index contributed by atoms with van der Waals surface area (Å²) in [6, 6.07) is 7.80. The van der Waals surface area contributed by atoms with Gasteiger partial charge in [0.25, 0.3) is 0 Å². The number of hydrogen-bond acceptors (Lipinski definition) is 4. The molecule has 0 radical (unpaired) electrons. The lowest BCUT2D eigenvalue weighted by molar-refractivity contribution is 0.290. The van der Waals surface area contributed by atoms with Crippen molar-refractivity contribution in [1.29, 1.82) is 0 Å². The van der Waals surface area contributed by atoms with E-state index >= 15 is 0 Å². The van der Waals surface area contributed by atoms with Crippen LogP contribution < -0.4 is 9.64 Å². The second kappa shape index (κ2) is 5.71. The number of rotatable bonds is 3. The summed E-state index contributed by atoms with van der Waals surface area (Å²) in [6.45, 7) is 0.838. The molecule has 0 atom stereocenters. The first-order valence-corrected chi connectivity index (χ1v) is 7.79. The van der Waals surface area contributed by atoms with E-state index in [1.807, 2.05) is 24.3 Å². The molecule has 0 unspecified atom stereocenters. The molecule has 4 nitrogen and oxygen atoms in total. The van der Waals surface area contributed by atoms with E-state index in [1.165, 1.54) is 0 Å². The van der Waals surface area contributed by atoms with Crippen molar-refractivity contribution in [2.45, 2.75) is 6.42 Å². The molecule has 0 fully saturated rings. The molecule has 1 aromatic carbocycles.